The van der Waals surface area contributed by atoms with Gasteiger partial charge in [-0.1, -0.05) is 23.2 Å². The third-order valence-corrected chi connectivity index (χ3v) is 4.36. The molecule has 0 aliphatic heterocycles. The van der Waals surface area contributed by atoms with Crippen LogP contribution in [0, 0.1) is 5.82 Å². The molecule has 0 bridgehead atoms. The summed E-state index contributed by atoms with van der Waals surface area (Å²) in [6, 6.07) is 3.51. The quantitative estimate of drug-likeness (QED) is 0.692. The van der Waals surface area contributed by atoms with Crippen LogP contribution in [0.1, 0.15) is 29.8 Å². The molecule has 0 unspecified atom stereocenters. The standard InChI is InChI=1S/C17H17Cl2FN2O5S/c1-9(2)27-17-14(19)5-11(7-21-17)26-8-10-4-15(20)12(6-13(10)18)16(23)22-28(3,24)25/h4-7,9H,8H2,1-3H3,(H,22,23). The molecule has 0 saturated heterocycles. The fourth-order valence-corrected chi connectivity index (χ4v) is 2.92. The van der Waals surface area contributed by atoms with Crippen molar-refractivity contribution in [1.82, 2.24) is 9.71 Å². The fraction of sp³-hybridized carbons (Fsp3) is 0.294. The number of carbonyl (C=O) groups excluding carboxylic acids is 1. The Hall–Kier alpha value is -2.10. The van der Waals surface area contributed by atoms with E-state index in [2.05, 4.69) is 4.98 Å². The molecule has 1 heterocycles. The minimum atomic E-state index is -3.84. The Morgan fingerprint density at radius 3 is 2.50 bits per heavy atom. The second kappa shape index (κ2) is 8.93. The maximum atomic E-state index is 14.2. The molecule has 2 aromatic rings. The molecule has 1 N–H and O–H groups in total. The van der Waals surface area contributed by atoms with E-state index in [1.165, 1.54) is 12.3 Å². The second-order valence-corrected chi connectivity index (χ2v) is 8.60. The van der Waals surface area contributed by atoms with E-state index in [0.717, 1.165) is 18.4 Å². The molecule has 0 radical (unpaired) electrons. The number of amides is 1. The number of rotatable bonds is 7. The summed E-state index contributed by atoms with van der Waals surface area (Å²) in [6.45, 7) is 3.53. The van der Waals surface area contributed by atoms with E-state index in [4.69, 9.17) is 32.7 Å². The van der Waals surface area contributed by atoms with Crippen molar-refractivity contribution < 1.29 is 27.1 Å². The van der Waals surface area contributed by atoms with Crippen molar-refractivity contribution >= 4 is 39.1 Å². The summed E-state index contributed by atoms with van der Waals surface area (Å²) in [5.41, 5.74) is -0.257. The summed E-state index contributed by atoms with van der Waals surface area (Å²) in [6.07, 6.45) is 2.07. The number of carbonyl (C=O) groups is 1. The molecule has 0 aliphatic rings. The van der Waals surface area contributed by atoms with E-state index in [1.54, 1.807) is 4.72 Å². The first kappa shape index (κ1) is 22.2. The summed E-state index contributed by atoms with van der Waals surface area (Å²) in [5, 5.41) is 0.273. The first-order valence-corrected chi connectivity index (χ1v) is 10.6. The Morgan fingerprint density at radius 1 is 1.25 bits per heavy atom. The minimum Gasteiger partial charge on any atom is -0.487 e. The summed E-state index contributed by atoms with van der Waals surface area (Å²) >= 11 is 12.1. The number of aromatic nitrogens is 1. The van der Waals surface area contributed by atoms with Gasteiger partial charge in [0.15, 0.2) is 0 Å². The van der Waals surface area contributed by atoms with Gasteiger partial charge in [0.25, 0.3) is 5.91 Å². The number of hydrogen-bond donors (Lipinski definition) is 1. The number of nitrogens with one attached hydrogen (secondary N) is 1. The second-order valence-electron chi connectivity index (χ2n) is 6.04. The zero-order chi connectivity index (χ0) is 21.1. The SMILES string of the molecule is CC(C)Oc1ncc(OCc2cc(F)c(C(=O)NS(C)(=O)=O)cc2Cl)cc1Cl. The van der Waals surface area contributed by atoms with Gasteiger partial charge in [-0.3, -0.25) is 4.79 Å². The molecule has 1 aromatic carbocycles. The third-order valence-electron chi connectivity index (χ3n) is 3.18. The van der Waals surface area contributed by atoms with Crippen molar-refractivity contribution in [1.29, 1.82) is 0 Å². The summed E-state index contributed by atoms with van der Waals surface area (Å²) in [7, 11) is -3.84. The van der Waals surface area contributed by atoms with Crippen molar-refractivity contribution in [2.75, 3.05) is 6.26 Å². The van der Waals surface area contributed by atoms with Gasteiger partial charge in [-0.25, -0.2) is 22.5 Å². The van der Waals surface area contributed by atoms with Crippen LogP contribution in [0.2, 0.25) is 10.0 Å². The molecule has 0 fully saturated rings. The molecular formula is C17H17Cl2FN2O5S. The maximum absolute atomic E-state index is 14.2. The molecule has 1 amide bonds. The normalized spacial score (nSPS) is 11.4. The lowest BCUT2D eigenvalue weighted by molar-refractivity contribution is 0.0977. The van der Waals surface area contributed by atoms with Crippen LogP contribution in [-0.2, 0) is 16.6 Å². The van der Waals surface area contributed by atoms with Gasteiger partial charge in [0.2, 0.25) is 15.9 Å². The van der Waals surface area contributed by atoms with Crippen LogP contribution >= 0.6 is 23.2 Å². The number of pyridine rings is 1. The molecule has 28 heavy (non-hydrogen) atoms. The van der Waals surface area contributed by atoms with E-state index in [1.807, 2.05) is 13.8 Å². The Kier molecular flexibility index (Phi) is 7.08. The highest BCUT2D eigenvalue weighted by Gasteiger charge is 2.18. The van der Waals surface area contributed by atoms with Crippen LogP contribution in [0.3, 0.4) is 0 Å². The number of ether oxygens (including phenoxy) is 2. The number of benzene rings is 1. The van der Waals surface area contributed by atoms with E-state index in [0.29, 0.717) is 5.75 Å². The van der Waals surface area contributed by atoms with Crippen LogP contribution < -0.4 is 14.2 Å². The van der Waals surface area contributed by atoms with Gasteiger partial charge in [0.1, 0.15) is 23.2 Å². The molecule has 7 nitrogen and oxygen atoms in total. The van der Waals surface area contributed by atoms with E-state index >= 15 is 0 Å². The van der Waals surface area contributed by atoms with Gasteiger partial charge in [-0.2, -0.15) is 0 Å². The molecule has 2 rings (SSSR count). The predicted octanol–water partition coefficient (Wildman–Crippen LogP) is 3.58. The van der Waals surface area contributed by atoms with Gasteiger partial charge in [0, 0.05) is 16.7 Å². The lowest BCUT2D eigenvalue weighted by Gasteiger charge is -2.13. The fourth-order valence-electron chi connectivity index (χ4n) is 2.05. The van der Waals surface area contributed by atoms with Crippen LogP contribution in [0.4, 0.5) is 4.39 Å². The largest absolute Gasteiger partial charge is 0.487 e. The van der Waals surface area contributed by atoms with Gasteiger partial charge in [-0.05, 0) is 26.0 Å². The highest BCUT2D eigenvalue weighted by molar-refractivity contribution is 7.89. The van der Waals surface area contributed by atoms with E-state index < -0.39 is 27.3 Å². The molecule has 11 heteroatoms. The number of hydrogen-bond acceptors (Lipinski definition) is 6. The average molecular weight is 451 g/mol. The molecular weight excluding hydrogens is 434 g/mol. The smallest absolute Gasteiger partial charge is 0.267 e. The number of halogens is 3. The van der Waals surface area contributed by atoms with Gasteiger partial charge < -0.3 is 9.47 Å². The first-order chi connectivity index (χ1) is 13.0. The molecule has 0 aliphatic carbocycles. The summed E-state index contributed by atoms with van der Waals surface area (Å²) in [5.74, 6) is -1.50. The Bertz CT molecular complexity index is 999. The van der Waals surface area contributed by atoms with Crippen molar-refractivity contribution in [2.24, 2.45) is 0 Å². The summed E-state index contributed by atoms with van der Waals surface area (Å²) in [4.78, 5) is 15.9. The molecule has 0 saturated carbocycles. The average Bonchev–Trinajstić information content (AvgIpc) is 2.55. The van der Waals surface area contributed by atoms with Crippen LogP contribution in [0.15, 0.2) is 24.4 Å². The van der Waals surface area contributed by atoms with Crippen molar-refractivity contribution in [3.63, 3.8) is 0 Å². The van der Waals surface area contributed by atoms with Crippen molar-refractivity contribution in [3.8, 4) is 11.6 Å². The van der Waals surface area contributed by atoms with E-state index in [9.17, 15) is 17.6 Å². The van der Waals surface area contributed by atoms with Gasteiger partial charge in [-0.15, -0.1) is 0 Å². The Labute approximate surface area is 171 Å². The first-order valence-electron chi connectivity index (χ1n) is 7.91. The number of nitrogens with zero attached hydrogens (tertiary/aromatic N) is 1. The highest BCUT2D eigenvalue weighted by Crippen LogP contribution is 2.28. The molecule has 1 aromatic heterocycles. The van der Waals surface area contributed by atoms with Crippen LogP contribution in [0.5, 0.6) is 11.6 Å². The van der Waals surface area contributed by atoms with Crippen LogP contribution in [-0.4, -0.2) is 31.7 Å². The summed E-state index contributed by atoms with van der Waals surface area (Å²) < 4.78 is 49.0. The van der Waals surface area contributed by atoms with Crippen molar-refractivity contribution in [2.45, 2.75) is 26.6 Å². The lowest BCUT2D eigenvalue weighted by Crippen LogP contribution is -2.30. The monoisotopic (exact) mass is 450 g/mol. The Balaban J connectivity index is 2.14. The minimum absolute atomic E-state index is 0.0267. The molecule has 152 valence electrons. The van der Waals surface area contributed by atoms with Gasteiger partial charge >= 0.3 is 0 Å². The molecule has 0 atom stereocenters. The van der Waals surface area contributed by atoms with Crippen molar-refractivity contribution in [3.05, 3.63) is 51.4 Å². The topological polar surface area (TPSA) is 94.6 Å². The van der Waals surface area contributed by atoms with E-state index in [-0.39, 0.29) is 34.2 Å². The zero-order valence-corrected chi connectivity index (χ0v) is 17.5. The maximum Gasteiger partial charge on any atom is 0.267 e. The number of sulfonamides is 1. The van der Waals surface area contributed by atoms with Crippen LogP contribution in [0.25, 0.3) is 0 Å². The lowest BCUT2D eigenvalue weighted by atomic mass is 10.1. The predicted molar refractivity (Wildman–Crippen MR) is 103 cm³/mol. The molecule has 0 spiro atoms. The highest BCUT2D eigenvalue weighted by atomic mass is 35.5. The Morgan fingerprint density at radius 2 is 1.93 bits per heavy atom. The van der Waals surface area contributed by atoms with Gasteiger partial charge in [0.05, 0.1) is 24.1 Å². The third kappa shape index (κ3) is 6.22. The zero-order valence-electron chi connectivity index (χ0n) is 15.1.